The number of hydrogen-bond acceptors (Lipinski definition) is 4. The zero-order valence-corrected chi connectivity index (χ0v) is 16.8. The molecule has 0 heterocycles. The van der Waals surface area contributed by atoms with Gasteiger partial charge in [0.2, 0.25) is 0 Å². The van der Waals surface area contributed by atoms with Crippen LogP contribution in [0.2, 0.25) is 0 Å². The molecule has 4 rings (SSSR count). The lowest BCUT2D eigenvalue weighted by atomic mass is 9.47. The van der Waals surface area contributed by atoms with Gasteiger partial charge >= 0.3 is 10.4 Å². The van der Waals surface area contributed by atoms with Crippen LogP contribution in [0.5, 0.6) is 0 Å². The predicted octanol–water partition coefficient (Wildman–Crippen LogP) is 4.34. The standard InChI is InChI=1S/C21H32O5S/c1-13(22)17-6-7-18-16-5-4-14-12-15(26-27(23,24)25)8-10-20(14,2)19(16)9-11-21(17,18)3/h4,15-19H,5-12H2,1-3H3,(H,23,24,25)/t15-,16?,17+,18?,19?,20?,21?/m0/s1/i1D3,17D. The van der Waals surface area contributed by atoms with E-state index in [9.17, 15) is 13.2 Å². The molecule has 0 radical (unpaired) electrons. The Hall–Kier alpha value is -0.720. The number of rotatable bonds is 3. The number of ketones is 1. The van der Waals surface area contributed by atoms with Crippen molar-refractivity contribution < 1.29 is 27.4 Å². The van der Waals surface area contributed by atoms with E-state index < -0.39 is 40.4 Å². The van der Waals surface area contributed by atoms with Crippen LogP contribution in [-0.4, -0.2) is 24.9 Å². The normalized spacial score (nSPS) is 52.2. The first-order chi connectivity index (χ1) is 14.1. The fourth-order valence-corrected chi connectivity index (χ4v) is 7.58. The van der Waals surface area contributed by atoms with Crippen molar-refractivity contribution in [1.82, 2.24) is 0 Å². The number of Topliss-reactive ketones (excluding diaryl/α,β-unsaturated/α-hetero) is 1. The summed E-state index contributed by atoms with van der Waals surface area (Å²) in [7, 11) is -4.48. The second kappa shape index (κ2) is 6.39. The molecule has 0 spiro atoms. The Morgan fingerprint density at radius 1 is 1.26 bits per heavy atom. The first kappa shape index (κ1) is 15.2. The summed E-state index contributed by atoms with van der Waals surface area (Å²) < 4.78 is 68.0. The van der Waals surface area contributed by atoms with E-state index in [1.807, 2.05) is 6.92 Å². The van der Waals surface area contributed by atoms with E-state index >= 15 is 0 Å². The first-order valence-electron chi connectivity index (χ1n) is 12.0. The molecular weight excluding hydrogens is 364 g/mol. The molecule has 0 amide bonds. The van der Waals surface area contributed by atoms with Gasteiger partial charge in [0, 0.05) is 11.4 Å². The Balaban J connectivity index is 1.61. The lowest BCUT2D eigenvalue weighted by Crippen LogP contribution is -2.51. The van der Waals surface area contributed by atoms with Crippen LogP contribution >= 0.6 is 0 Å². The fourth-order valence-electron chi connectivity index (χ4n) is 7.07. The highest BCUT2D eigenvalue weighted by Gasteiger charge is 2.59. The molecule has 0 aromatic rings. The highest BCUT2D eigenvalue weighted by Crippen LogP contribution is 2.66. The molecule has 1 N–H and O–H groups in total. The minimum atomic E-state index is -4.48. The maximum Gasteiger partial charge on any atom is 0.397 e. The minimum Gasteiger partial charge on any atom is -0.300 e. The van der Waals surface area contributed by atoms with Gasteiger partial charge in [0.15, 0.2) is 0 Å². The Kier molecular flexibility index (Phi) is 3.59. The van der Waals surface area contributed by atoms with E-state index in [2.05, 4.69) is 13.0 Å². The molecule has 4 aliphatic rings. The van der Waals surface area contributed by atoms with Crippen molar-refractivity contribution in [2.75, 3.05) is 0 Å². The van der Waals surface area contributed by atoms with Crippen molar-refractivity contribution in [3.05, 3.63) is 11.6 Å². The van der Waals surface area contributed by atoms with Crippen molar-refractivity contribution in [3.63, 3.8) is 0 Å². The molecule has 5 nitrogen and oxygen atoms in total. The lowest BCUT2D eigenvalue weighted by Gasteiger charge is -2.58. The average molecular weight is 401 g/mol. The van der Waals surface area contributed by atoms with E-state index in [-0.39, 0.29) is 17.3 Å². The van der Waals surface area contributed by atoms with Crippen LogP contribution in [0.4, 0.5) is 0 Å². The number of allylic oxidation sites excluding steroid dienone is 1. The van der Waals surface area contributed by atoms with Gasteiger partial charge in [-0.25, -0.2) is 4.18 Å². The van der Waals surface area contributed by atoms with Crippen LogP contribution in [0.15, 0.2) is 11.6 Å². The molecular formula is C21H32O5S. The molecule has 3 saturated carbocycles. The summed E-state index contributed by atoms with van der Waals surface area (Å²) in [6.45, 7) is 1.42. The molecule has 0 bridgehead atoms. The van der Waals surface area contributed by atoms with Crippen molar-refractivity contribution in [1.29, 1.82) is 0 Å². The molecule has 152 valence electrons. The number of fused-ring (bicyclic) bond motifs is 5. The predicted molar refractivity (Wildman–Crippen MR) is 102 cm³/mol. The Morgan fingerprint density at radius 2 is 2.04 bits per heavy atom. The molecule has 0 aromatic carbocycles. The van der Waals surface area contributed by atoms with E-state index in [4.69, 9.17) is 14.2 Å². The summed E-state index contributed by atoms with van der Waals surface area (Å²) in [5.74, 6) is -1.73. The molecule has 7 atom stereocenters. The van der Waals surface area contributed by atoms with Gasteiger partial charge in [-0.05, 0) is 86.8 Å². The molecule has 3 fully saturated rings. The van der Waals surface area contributed by atoms with Gasteiger partial charge in [0.1, 0.15) is 5.78 Å². The Morgan fingerprint density at radius 3 is 2.74 bits per heavy atom. The smallest absolute Gasteiger partial charge is 0.300 e. The van der Waals surface area contributed by atoms with Crippen LogP contribution in [-0.2, 0) is 19.4 Å². The summed E-state index contributed by atoms with van der Waals surface area (Å²) in [6, 6.07) is 0. The van der Waals surface area contributed by atoms with Crippen LogP contribution < -0.4 is 0 Å². The van der Waals surface area contributed by atoms with E-state index in [1.165, 1.54) is 5.57 Å². The fraction of sp³-hybridized carbons (Fsp3) is 0.857. The third-order valence-electron chi connectivity index (χ3n) is 8.37. The van der Waals surface area contributed by atoms with Gasteiger partial charge in [0.25, 0.3) is 0 Å². The van der Waals surface area contributed by atoms with Crippen LogP contribution in [0.25, 0.3) is 0 Å². The summed E-state index contributed by atoms with van der Waals surface area (Å²) >= 11 is 0. The van der Waals surface area contributed by atoms with Gasteiger partial charge in [-0.3, -0.25) is 9.35 Å². The highest BCUT2D eigenvalue weighted by molar-refractivity contribution is 7.80. The topological polar surface area (TPSA) is 80.7 Å². The van der Waals surface area contributed by atoms with Crippen LogP contribution in [0.1, 0.15) is 77.5 Å². The van der Waals surface area contributed by atoms with Gasteiger partial charge in [-0.15, -0.1) is 0 Å². The Labute approximate surface area is 168 Å². The highest BCUT2D eigenvalue weighted by atomic mass is 32.3. The van der Waals surface area contributed by atoms with Gasteiger partial charge in [-0.1, -0.05) is 25.5 Å². The van der Waals surface area contributed by atoms with Gasteiger partial charge < -0.3 is 0 Å². The van der Waals surface area contributed by atoms with E-state index in [0.29, 0.717) is 38.0 Å². The van der Waals surface area contributed by atoms with Crippen molar-refractivity contribution >= 4 is 16.2 Å². The maximum atomic E-state index is 12.8. The van der Waals surface area contributed by atoms with E-state index in [0.717, 1.165) is 19.3 Å². The number of hydrogen-bond donors (Lipinski definition) is 1. The second-order valence-electron chi connectivity index (χ2n) is 9.45. The summed E-state index contributed by atoms with van der Waals surface area (Å²) in [6.07, 6.45) is 6.63. The van der Waals surface area contributed by atoms with E-state index in [1.54, 1.807) is 0 Å². The summed E-state index contributed by atoms with van der Waals surface area (Å²) in [5.41, 5.74) is 0.419. The quantitative estimate of drug-likeness (QED) is 0.563. The zero-order chi connectivity index (χ0) is 23.0. The number of carbonyl (C=O) groups is 1. The third kappa shape index (κ3) is 3.12. The van der Waals surface area contributed by atoms with Crippen molar-refractivity contribution in [3.8, 4) is 0 Å². The Bertz CT molecular complexity index is 915. The average Bonchev–Trinajstić information content (AvgIpc) is 2.91. The van der Waals surface area contributed by atoms with Gasteiger partial charge in [-0.2, -0.15) is 8.42 Å². The van der Waals surface area contributed by atoms with Crippen LogP contribution in [0, 0.1) is 34.5 Å². The third-order valence-corrected chi connectivity index (χ3v) is 8.89. The molecule has 0 aromatic heterocycles. The largest absolute Gasteiger partial charge is 0.397 e. The van der Waals surface area contributed by atoms with Crippen molar-refractivity contribution in [2.45, 2.75) is 78.2 Å². The molecule has 27 heavy (non-hydrogen) atoms. The molecule has 5 unspecified atom stereocenters. The monoisotopic (exact) mass is 400 g/mol. The van der Waals surface area contributed by atoms with Crippen molar-refractivity contribution in [2.24, 2.45) is 34.5 Å². The molecule has 4 aliphatic carbocycles. The van der Waals surface area contributed by atoms with Crippen LogP contribution in [0.3, 0.4) is 0 Å². The SMILES string of the molecule is [2H]C([2H])([2H])C(=O)[C@@]1([2H])CCC2C3CC=C4C[C@@H](OS(=O)(=O)O)CCC4(C)C3CCC21C. The molecule has 0 saturated heterocycles. The summed E-state index contributed by atoms with van der Waals surface area (Å²) in [4.78, 5) is 12.8. The molecule has 0 aliphatic heterocycles. The summed E-state index contributed by atoms with van der Waals surface area (Å²) in [5, 5.41) is 0. The molecule has 6 heteroatoms. The van der Waals surface area contributed by atoms with Gasteiger partial charge in [0.05, 0.1) is 6.10 Å². The minimum absolute atomic E-state index is 0.107. The first-order valence-corrected chi connectivity index (χ1v) is 11.4. The maximum absolute atomic E-state index is 12.8. The number of carbonyl (C=O) groups excluding carboxylic acids is 1. The second-order valence-corrected chi connectivity index (χ2v) is 10.5. The zero-order valence-electron chi connectivity index (χ0n) is 20.0. The lowest BCUT2D eigenvalue weighted by molar-refractivity contribution is -0.127.